The molecule has 7 heteroatoms. The van der Waals surface area contributed by atoms with E-state index in [0.717, 1.165) is 66.0 Å². The van der Waals surface area contributed by atoms with E-state index in [0.29, 0.717) is 17.1 Å². The lowest BCUT2D eigenvalue weighted by Crippen LogP contribution is -2.37. The predicted octanol–water partition coefficient (Wildman–Crippen LogP) is 5.04. The summed E-state index contributed by atoms with van der Waals surface area (Å²) in [5.74, 6) is 2.13. The van der Waals surface area contributed by atoms with Crippen molar-refractivity contribution in [2.75, 3.05) is 52.8 Å². The molecule has 0 atom stereocenters. The molecule has 0 radical (unpaired) electrons. The molecular formula is C27H29N3O3S. The van der Waals surface area contributed by atoms with E-state index in [9.17, 15) is 5.26 Å². The molecule has 0 aliphatic carbocycles. The van der Waals surface area contributed by atoms with Crippen molar-refractivity contribution in [3.8, 4) is 40.0 Å². The Morgan fingerprint density at radius 2 is 1.71 bits per heavy atom. The maximum absolute atomic E-state index is 10.1. The van der Waals surface area contributed by atoms with Crippen LogP contribution in [0.1, 0.15) is 11.1 Å². The zero-order chi connectivity index (χ0) is 23.9. The molecule has 1 aliphatic rings. The number of aromatic nitrogens is 1. The Morgan fingerprint density at radius 1 is 1.00 bits per heavy atom. The second-order valence-electron chi connectivity index (χ2n) is 8.09. The van der Waals surface area contributed by atoms with Crippen LogP contribution in [0.2, 0.25) is 0 Å². The molecule has 3 aromatic rings. The number of nitriles is 1. The van der Waals surface area contributed by atoms with Gasteiger partial charge in [-0.2, -0.15) is 5.26 Å². The SMILES string of the molecule is COc1ccc(-c2cc(-c3ccc(C)cc3)nc(SCCN3CCOCC3)c2C#N)cc1OC. The summed E-state index contributed by atoms with van der Waals surface area (Å²) in [6.45, 7) is 6.44. The first-order valence-corrected chi connectivity index (χ1v) is 12.3. The van der Waals surface area contributed by atoms with Crippen LogP contribution in [0.25, 0.3) is 22.4 Å². The number of methoxy groups -OCH3 is 2. The molecule has 0 spiro atoms. The van der Waals surface area contributed by atoms with E-state index < -0.39 is 0 Å². The first kappa shape index (κ1) is 24.1. The van der Waals surface area contributed by atoms with Gasteiger partial charge in [0, 0.05) is 36.5 Å². The lowest BCUT2D eigenvalue weighted by molar-refractivity contribution is 0.0410. The highest BCUT2D eigenvalue weighted by molar-refractivity contribution is 7.99. The summed E-state index contributed by atoms with van der Waals surface area (Å²) in [5.41, 5.74) is 5.36. The summed E-state index contributed by atoms with van der Waals surface area (Å²) in [6.07, 6.45) is 0. The average molecular weight is 476 g/mol. The molecule has 1 fully saturated rings. The van der Waals surface area contributed by atoms with E-state index in [2.05, 4.69) is 42.2 Å². The summed E-state index contributed by atoms with van der Waals surface area (Å²) in [6, 6.07) is 18.5. The zero-order valence-corrected chi connectivity index (χ0v) is 20.7. The summed E-state index contributed by atoms with van der Waals surface area (Å²) in [7, 11) is 3.23. The standard InChI is InChI=1S/C27H29N3O3S/c1-19-4-6-20(7-5-19)24-17-22(21-8-9-25(31-2)26(16-21)32-3)23(18-28)27(29-24)34-15-12-30-10-13-33-14-11-30/h4-9,16-17H,10-15H2,1-3H3. The second kappa shape index (κ2) is 11.4. The fourth-order valence-corrected chi connectivity index (χ4v) is 4.94. The fourth-order valence-electron chi connectivity index (χ4n) is 3.93. The fraction of sp³-hybridized carbons (Fsp3) is 0.333. The third kappa shape index (κ3) is 5.53. The maximum atomic E-state index is 10.1. The molecule has 34 heavy (non-hydrogen) atoms. The van der Waals surface area contributed by atoms with E-state index in [1.54, 1.807) is 26.0 Å². The van der Waals surface area contributed by atoms with Crippen LogP contribution in [0.3, 0.4) is 0 Å². The van der Waals surface area contributed by atoms with Gasteiger partial charge >= 0.3 is 0 Å². The van der Waals surface area contributed by atoms with Gasteiger partial charge in [0.05, 0.1) is 38.7 Å². The Labute approximate surface area is 205 Å². The van der Waals surface area contributed by atoms with Gasteiger partial charge in [-0.1, -0.05) is 35.9 Å². The molecule has 6 nitrogen and oxygen atoms in total. The Balaban J connectivity index is 1.74. The topological polar surface area (TPSA) is 67.6 Å². The van der Waals surface area contributed by atoms with E-state index in [1.165, 1.54) is 5.56 Å². The second-order valence-corrected chi connectivity index (χ2v) is 9.17. The lowest BCUT2D eigenvalue weighted by atomic mass is 9.98. The number of hydrogen-bond donors (Lipinski definition) is 0. The maximum Gasteiger partial charge on any atom is 0.161 e. The molecular weight excluding hydrogens is 446 g/mol. The normalized spacial score (nSPS) is 13.9. The third-order valence-electron chi connectivity index (χ3n) is 5.89. The molecule has 0 unspecified atom stereocenters. The van der Waals surface area contributed by atoms with Crippen LogP contribution >= 0.6 is 11.8 Å². The summed E-state index contributed by atoms with van der Waals surface area (Å²) >= 11 is 1.63. The molecule has 0 amide bonds. The minimum Gasteiger partial charge on any atom is -0.493 e. The minimum atomic E-state index is 0.579. The van der Waals surface area contributed by atoms with Crippen molar-refractivity contribution in [3.05, 3.63) is 59.7 Å². The monoisotopic (exact) mass is 475 g/mol. The van der Waals surface area contributed by atoms with Crippen molar-refractivity contribution in [1.29, 1.82) is 5.26 Å². The molecule has 4 rings (SSSR count). The number of pyridine rings is 1. The molecule has 0 bridgehead atoms. The van der Waals surface area contributed by atoms with Crippen LogP contribution in [0.5, 0.6) is 11.5 Å². The molecule has 1 aromatic heterocycles. The van der Waals surface area contributed by atoms with Gasteiger partial charge in [0.2, 0.25) is 0 Å². The van der Waals surface area contributed by atoms with Crippen molar-refractivity contribution in [1.82, 2.24) is 9.88 Å². The number of rotatable bonds is 8. The number of hydrogen-bond acceptors (Lipinski definition) is 7. The molecule has 176 valence electrons. The number of morpholine rings is 1. The number of thioether (sulfide) groups is 1. The molecule has 1 aliphatic heterocycles. The van der Waals surface area contributed by atoms with Gasteiger partial charge in [0.1, 0.15) is 11.1 Å². The molecule has 0 N–H and O–H groups in total. The highest BCUT2D eigenvalue weighted by Gasteiger charge is 2.18. The molecule has 2 heterocycles. The first-order valence-electron chi connectivity index (χ1n) is 11.3. The largest absolute Gasteiger partial charge is 0.493 e. The smallest absolute Gasteiger partial charge is 0.161 e. The van der Waals surface area contributed by atoms with Gasteiger partial charge in [0.25, 0.3) is 0 Å². The summed E-state index contributed by atoms with van der Waals surface area (Å²) in [5, 5.41) is 10.9. The van der Waals surface area contributed by atoms with Gasteiger partial charge in [-0.15, -0.1) is 11.8 Å². The van der Waals surface area contributed by atoms with Crippen LogP contribution in [0.4, 0.5) is 0 Å². The van der Waals surface area contributed by atoms with Crippen LogP contribution < -0.4 is 9.47 Å². The highest BCUT2D eigenvalue weighted by atomic mass is 32.2. The predicted molar refractivity (Wildman–Crippen MR) is 136 cm³/mol. The van der Waals surface area contributed by atoms with Gasteiger partial charge in [0.15, 0.2) is 11.5 Å². The number of nitrogens with zero attached hydrogens (tertiary/aromatic N) is 3. The van der Waals surface area contributed by atoms with Gasteiger partial charge in [-0.25, -0.2) is 4.98 Å². The third-order valence-corrected chi connectivity index (χ3v) is 6.85. The Hall–Kier alpha value is -3.05. The van der Waals surface area contributed by atoms with Crippen LogP contribution in [0.15, 0.2) is 53.6 Å². The van der Waals surface area contributed by atoms with Crippen molar-refractivity contribution < 1.29 is 14.2 Å². The quantitative estimate of drug-likeness (QED) is 0.423. The lowest BCUT2D eigenvalue weighted by Gasteiger charge is -2.26. The minimum absolute atomic E-state index is 0.579. The Kier molecular flexibility index (Phi) is 8.07. The number of benzene rings is 2. The van der Waals surface area contributed by atoms with Gasteiger partial charge in [-0.05, 0) is 30.7 Å². The van der Waals surface area contributed by atoms with Crippen molar-refractivity contribution in [2.45, 2.75) is 11.9 Å². The zero-order valence-electron chi connectivity index (χ0n) is 19.8. The van der Waals surface area contributed by atoms with E-state index >= 15 is 0 Å². The van der Waals surface area contributed by atoms with Crippen LogP contribution in [-0.4, -0.2) is 62.7 Å². The molecule has 0 saturated carbocycles. The van der Waals surface area contributed by atoms with Crippen LogP contribution in [-0.2, 0) is 4.74 Å². The molecule has 1 saturated heterocycles. The van der Waals surface area contributed by atoms with Crippen molar-refractivity contribution >= 4 is 11.8 Å². The van der Waals surface area contributed by atoms with Gasteiger partial charge in [-0.3, -0.25) is 4.90 Å². The number of ether oxygens (including phenoxy) is 3. The van der Waals surface area contributed by atoms with Gasteiger partial charge < -0.3 is 14.2 Å². The first-order chi connectivity index (χ1) is 16.6. The van der Waals surface area contributed by atoms with Crippen LogP contribution in [0, 0.1) is 18.3 Å². The Morgan fingerprint density at radius 3 is 2.38 bits per heavy atom. The highest BCUT2D eigenvalue weighted by Crippen LogP contribution is 2.38. The number of aryl methyl sites for hydroxylation is 1. The summed E-state index contributed by atoms with van der Waals surface area (Å²) in [4.78, 5) is 7.32. The van der Waals surface area contributed by atoms with Crippen molar-refractivity contribution in [3.63, 3.8) is 0 Å². The average Bonchev–Trinajstić information content (AvgIpc) is 2.88. The van der Waals surface area contributed by atoms with E-state index in [1.807, 2.05) is 24.3 Å². The van der Waals surface area contributed by atoms with E-state index in [4.69, 9.17) is 19.2 Å². The Bertz CT molecular complexity index is 1170. The summed E-state index contributed by atoms with van der Waals surface area (Å²) < 4.78 is 16.4. The van der Waals surface area contributed by atoms with Crippen molar-refractivity contribution in [2.24, 2.45) is 0 Å². The molecule has 2 aromatic carbocycles. The van der Waals surface area contributed by atoms with E-state index in [-0.39, 0.29) is 0 Å².